The van der Waals surface area contributed by atoms with Crippen LogP contribution >= 0.6 is 0 Å². The Labute approximate surface area is 107 Å². The van der Waals surface area contributed by atoms with Crippen molar-refractivity contribution in [3.63, 3.8) is 0 Å². The molecule has 0 radical (unpaired) electrons. The predicted octanol–water partition coefficient (Wildman–Crippen LogP) is 2.59. The highest BCUT2D eigenvalue weighted by molar-refractivity contribution is 7.89. The van der Waals surface area contributed by atoms with Gasteiger partial charge in [0.2, 0.25) is 10.0 Å². The molecule has 2 aromatic rings. The standard InChI is InChI=1S/C14H15NO2S/c1-2-6-13-9-10-15(11-13)18(16,17)12-14-7-4-3-5-8-14/h2-5,7-11H,1,6,12H2. The van der Waals surface area contributed by atoms with Crippen molar-refractivity contribution in [3.05, 3.63) is 72.6 Å². The van der Waals surface area contributed by atoms with Crippen molar-refractivity contribution in [3.8, 4) is 0 Å². The van der Waals surface area contributed by atoms with Crippen LogP contribution < -0.4 is 0 Å². The number of hydrogen-bond donors (Lipinski definition) is 0. The third kappa shape index (κ3) is 2.90. The van der Waals surface area contributed by atoms with E-state index in [9.17, 15) is 8.42 Å². The van der Waals surface area contributed by atoms with Crippen LogP contribution in [0, 0.1) is 0 Å². The number of allylic oxidation sites excluding steroid dienone is 1. The molecule has 0 aliphatic heterocycles. The summed E-state index contributed by atoms with van der Waals surface area (Å²) in [6.07, 6.45) is 5.65. The topological polar surface area (TPSA) is 39.1 Å². The summed E-state index contributed by atoms with van der Waals surface area (Å²) in [4.78, 5) is 0. The van der Waals surface area contributed by atoms with Gasteiger partial charge in [-0.2, -0.15) is 0 Å². The minimum absolute atomic E-state index is 0.00997. The second-order valence-electron chi connectivity index (χ2n) is 4.08. The molecule has 0 saturated carbocycles. The van der Waals surface area contributed by atoms with Gasteiger partial charge in [-0.25, -0.2) is 8.42 Å². The molecule has 0 spiro atoms. The molecular formula is C14H15NO2S. The van der Waals surface area contributed by atoms with Crippen LogP contribution in [-0.4, -0.2) is 12.4 Å². The largest absolute Gasteiger partial charge is 0.252 e. The van der Waals surface area contributed by atoms with E-state index in [1.165, 1.54) is 3.97 Å². The molecule has 0 atom stereocenters. The molecule has 4 heteroatoms. The zero-order valence-electron chi connectivity index (χ0n) is 9.99. The second-order valence-corrected chi connectivity index (χ2v) is 5.96. The first kappa shape index (κ1) is 12.6. The van der Waals surface area contributed by atoms with E-state index in [4.69, 9.17) is 0 Å². The Balaban J connectivity index is 2.22. The lowest BCUT2D eigenvalue weighted by Gasteiger charge is -2.05. The van der Waals surface area contributed by atoms with Crippen LogP contribution in [0.15, 0.2) is 61.4 Å². The third-order valence-electron chi connectivity index (χ3n) is 2.62. The van der Waals surface area contributed by atoms with Crippen LogP contribution in [0.2, 0.25) is 0 Å². The Bertz CT molecular complexity index is 627. The van der Waals surface area contributed by atoms with Crippen molar-refractivity contribution in [2.45, 2.75) is 12.2 Å². The smallest absolute Gasteiger partial charge is 0.242 e. The average Bonchev–Trinajstić information content (AvgIpc) is 2.80. The highest BCUT2D eigenvalue weighted by Gasteiger charge is 2.13. The van der Waals surface area contributed by atoms with Crippen LogP contribution in [0.5, 0.6) is 0 Å². The summed E-state index contributed by atoms with van der Waals surface area (Å²) in [5, 5.41) is 0. The van der Waals surface area contributed by atoms with Crippen molar-refractivity contribution in [2.24, 2.45) is 0 Å². The van der Waals surface area contributed by atoms with Gasteiger partial charge in [0.1, 0.15) is 0 Å². The van der Waals surface area contributed by atoms with Gasteiger partial charge in [-0.1, -0.05) is 36.4 Å². The van der Waals surface area contributed by atoms with Crippen LogP contribution in [-0.2, 0) is 22.2 Å². The van der Waals surface area contributed by atoms with Gasteiger partial charge in [-0.05, 0) is 23.6 Å². The molecular weight excluding hydrogens is 246 g/mol. The maximum Gasteiger partial charge on any atom is 0.242 e. The SMILES string of the molecule is C=CCc1ccn(S(=O)(=O)Cc2ccccc2)c1. The summed E-state index contributed by atoms with van der Waals surface area (Å²) >= 11 is 0. The van der Waals surface area contributed by atoms with Gasteiger partial charge in [0.05, 0.1) is 5.75 Å². The van der Waals surface area contributed by atoms with Gasteiger partial charge < -0.3 is 0 Å². The van der Waals surface area contributed by atoms with Gasteiger partial charge in [0.25, 0.3) is 0 Å². The molecule has 0 N–H and O–H groups in total. The van der Waals surface area contributed by atoms with Crippen LogP contribution in [0.1, 0.15) is 11.1 Å². The lowest BCUT2D eigenvalue weighted by Crippen LogP contribution is -2.13. The fourth-order valence-corrected chi connectivity index (χ4v) is 3.04. The molecule has 0 unspecified atom stereocenters. The zero-order chi connectivity index (χ0) is 13.0. The van der Waals surface area contributed by atoms with E-state index in [-0.39, 0.29) is 5.75 Å². The minimum atomic E-state index is -3.33. The Kier molecular flexibility index (Phi) is 3.67. The molecule has 0 aliphatic rings. The van der Waals surface area contributed by atoms with Crippen molar-refractivity contribution in [2.75, 3.05) is 0 Å². The summed E-state index contributed by atoms with van der Waals surface area (Å²) in [6.45, 7) is 3.64. The lowest BCUT2D eigenvalue weighted by molar-refractivity contribution is 0.586. The van der Waals surface area contributed by atoms with Gasteiger partial charge in [0.15, 0.2) is 0 Å². The normalized spacial score (nSPS) is 11.3. The van der Waals surface area contributed by atoms with Gasteiger partial charge >= 0.3 is 0 Å². The molecule has 1 aromatic carbocycles. The van der Waals surface area contributed by atoms with Crippen LogP contribution in [0.25, 0.3) is 0 Å². The lowest BCUT2D eigenvalue weighted by atomic mass is 10.2. The van der Waals surface area contributed by atoms with Gasteiger partial charge in [-0.3, -0.25) is 3.97 Å². The molecule has 18 heavy (non-hydrogen) atoms. The van der Waals surface area contributed by atoms with E-state index in [1.807, 2.05) is 30.3 Å². The quantitative estimate of drug-likeness (QED) is 0.776. The summed E-state index contributed by atoms with van der Waals surface area (Å²) in [5.41, 5.74) is 1.73. The second kappa shape index (κ2) is 5.23. The van der Waals surface area contributed by atoms with Crippen molar-refractivity contribution < 1.29 is 8.42 Å². The molecule has 0 aliphatic carbocycles. The summed E-state index contributed by atoms with van der Waals surface area (Å²) in [6, 6.07) is 11.0. The van der Waals surface area contributed by atoms with E-state index < -0.39 is 10.0 Å². The van der Waals surface area contributed by atoms with E-state index in [0.29, 0.717) is 6.42 Å². The number of aromatic nitrogens is 1. The third-order valence-corrected chi connectivity index (χ3v) is 4.19. The highest BCUT2D eigenvalue weighted by atomic mass is 32.2. The van der Waals surface area contributed by atoms with Gasteiger partial charge in [0, 0.05) is 12.4 Å². The molecule has 0 saturated heterocycles. The number of hydrogen-bond acceptors (Lipinski definition) is 2. The zero-order valence-corrected chi connectivity index (χ0v) is 10.8. The van der Waals surface area contributed by atoms with E-state index in [1.54, 1.807) is 24.5 Å². The molecule has 0 amide bonds. The first-order chi connectivity index (χ1) is 8.62. The van der Waals surface area contributed by atoms with Crippen LogP contribution in [0.4, 0.5) is 0 Å². The van der Waals surface area contributed by atoms with Gasteiger partial charge in [-0.15, -0.1) is 6.58 Å². The number of rotatable bonds is 5. The monoisotopic (exact) mass is 261 g/mol. The fourth-order valence-electron chi connectivity index (χ4n) is 1.74. The van der Waals surface area contributed by atoms with Crippen molar-refractivity contribution in [1.29, 1.82) is 0 Å². The Hall–Kier alpha value is -1.81. The summed E-state index contributed by atoms with van der Waals surface area (Å²) in [7, 11) is -3.33. The Morgan fingerprint density at radius 2 is 1.83 bits per heavy atom. The first-order valence-electron chi connectivity index (χ1n) is 5.67. The molecule has 3 nitrogen and oxygen atoms in total. The molecule has 1 aromatic heterocycles. The Morgan fingerprint density at radius 3 is 2.50 bits per heavy atom. The highest BCUT2D eigenvalue weighted by Crippen LogP contribution is 2.11. The van der Waals surface area contributed by atoms with Crippen molar-refractivity contribution in [1.82, 2.24) is 3.97 Å². The minimum Gasteiger partial charge on any atom is -0.252 e. The van der Waals surface area contributed by atoms with E-state index in [2.05, 4.69) is 6.58 Å². The van der Waals surface area contributed by atoms with Crippen molar-refractivity contribution >= 4 is 10.0 Å². The number of nitrogens with zero attached hydrogens (tertiary/aromatic N) is 1. The molecule has 0 bridgehead atoms. The maximum atomic E-state index is 12.2. The molecule has 94 valence electrons. The fraction of sp³-hybridized carbons (Fsp3) is 0.143. The predicted molar refractivity (Wildman–Crippen MR) is 72.8 cm³/mol. The Morgan fingerprint density at radius 1 is 1.11 bits per heavy atom. The maximum absolute atomic E-state index is 12.2. The summed E-state index contributed by atoms with van der Waals surface area (Å²) < 4.78 is 25.6. The van der Waals surface area contributed by atoms with Crippen LogP contribution in [0.3, 0.4) is 0 Å². The average molecular weight is 261 g/mol. The summed E-state index contributed by atoms with van der Waals surface area (Å²) in [5.74, 6) is 0.00997. The molecule has 0 fully saturated rings. The molecule has 2 rings (SSSR count). The molecule has 1 heterocycles. The first-order valence-corrected chi connectivity index (χ1v) is 7.28. The van der Waals surface area contributed by atoms with E-state index in [0.717, 1.165) is 11.1 Å². The number of benzene rings is 1. The van der Waals surface area contributed by atoms with E-state index >= 15 is 0 Å².